The van der Waals surface area contributed by atoms with E-state index < -0.39 is 40.0 Å². The van der Waals surface area contributed by atoms with Crippen LogP contribution in [0.15, 0.2) is 54.7 Å². The quantitative estimate of drug-likeness (QED) is 0.420. The third-order valence-electron chi connectivity index (χ3n) is 4.42. The van der Waals surface area contributed by atoms with Gasteiger partial charge >= 0.3 is 6.18 Å². The van der Waals surface area contributed by atoms with Gasteiger partial charge in [0.1, 0.15) is 0 Å². The van der Waals surface area contributed by atoms with Crippen LogP contribution in [0.1, 0.15) is 16.1 Å². The third kappa shape index (κ3) is 5.66. The summed E-state index contributed by atoms with van der Waals surface area (Å²) in [5, 5.41) is 16.6. The van der Waals surface area contributed by atoms with Crippen LogP contribution in [0.3, 0.4) is 0 Å². The van der Waals surface area contributed by atoms with E-state index in [0.717, 1.165) is 11.0 Å². The Bertz CT molecular complexity index is 1210. The second-order valence-electron chi connectivity index (χ2n) is 6.82. The number of nitro groups is 1. The lowest BCUT2D eigenvalue weighted by molar-refractivity contribution is -0.384. The summed E-state index contributed by atoms with van der Waals surface area (Å²) in [7, 11) is 1.33. The smallest absolute Gasteiger partial charge is 0.331 e. The van der Waals surface area contributed by atoms with Crippen molar-refractivity contribution in [3.8, 4) is 5.69 Å². The van der Waals surface area contributed by atoms with Crippen molar-refractivity contribution in [2.45, 2.75) is 6.18 Å². The highest BCUT2D eigenvalue weighted by Gasteiger charge is 2.33. The largest absolute Gasteiger partial charge is 0.417 e. The van der Waals surface area contributed by atoms with Crippen LogP contribution in [0.25, 0.3) is 5.69 Å². The van der Waals surface area contributed by atoms with Crippen LogP contribution in [-0.2, 0) is 11.0 Å². The zero-order valence-corrected chi connectivity index (χ0v) is 17.6. The fraction of sp³-hybridized carbons (Fsp3) is 0.150. The average Bonchev–Trinajstić information content (AvgIpc) is 3.24. The number of carbonyl (C=O) groups excluding carboxylic acids is 2. The predicted octanol–water partition coefficient (Wildman–Crippen LogP) is 4.16. The molecule has 0 unspecified atom stereocenters. The first kappa shape index (κ1) is 23.7. The molecule has 172 valence electrons. The molecule has 3 aromatic rings. The van der Waals surface area contributed by atoms with Crippen LogP contribution in [0.5, 0.6) is 0 Å². The summed E-state index contributed by atoms with van der Waals surface area (Å²) in [6, 6.07) is 9.81. The number of aromatic nitrogens is 2. The maximum Gasteiger partial charge on any atom is 0.417 e. The van der Waals surface area contributed by atoms with E-state index in [1.165, 1.54) is 54.3 Å². The van der Waals surface area contributed by atoms with Gasteiger partial charge in [0.05, 0.1) is 27.7 Å². The van der Waals surface area contributed by atoms with E-state index in [4.69, 9.17) is 11.6 Å². The lowest BCUT2D eigenvalue weighted by Gasteiger charge is -2.16. The topological polar surface area (TPSA) is 110 Å². The number of nitro benzene ring substituents is 1. The number of carbonyl (C=O) groups is 2. The van der Waals surface area contributed by atoms with Gasteiger partial charge in [0.2, 0.25) is 5.91 Å². The van der Waals surface area contributed by atoms with Gasteiger partial charge in [0.15, 0.2) is 5.69 Å². The van der Waals surface area contributed by atoms with Crippen LogP contribution < -0.4 is 5.32 Å². The summed E-state index contributed by atoms with van der Waals surface area (Å²) in [5.74, 6) is -1.34. The molecule has 9 nitrogen and oxygen atoms in total. The van der Waals surface area contributed by atoms with Crippen LogP contribution >= 0.6 is 11.6 Å². The Morgan fingerprint density at radius 2 is 1.85 bits per heavy atom. The van der Waals surface area contributed by atoms with Gasteiger partial charge in [-0.1, -0.05) is 11.6 Å². The van der Waals surface area contributed by atoms with Crippen LogP contribution in [0, 0.1) is 10.1 Å². The SMILES string of the molecule is CN(CC(=O)Nc1ccc(Cl)c(C(F)(F)F)c1)C(=O)c1ccn(-c2ccc([N+](=O)[O-])cc2)n1. The van der Waals surface area contributed by atoms with Crippen molar-refractivity contribution in [2.24, 2.45) is 0 Å². The summed E-state index contributed by atoms with van der Waals surface area (Å²) in [6.45, 7) is -0.451. The fourth-order valence-corrected chi connectivity index (χ4v) is 3.04. The molecular formula is C20H15ClF3N5O4. The highest BCUT2D eigenvalue weighted by atomic mass is 35.5. The van der Waals surface area contributed by atoms with Crippen LogP contribution in [-0.4, -0.2) is 45.0 Å². The maximum absolute atomic E-state index is 13.0. The first-order valence-corrected chi connectivity index (χ1v) is 9.56. The molecule has 13 heteroatoms. The zero-order valence-electron chi connectivity index (χ0n) is 16.8. The van der Waals surface area contributed by atoms with Crippen molar-refractivity contribution >= 4 is 34.8 Å². The summed E-state index contributed by atoms with van der Waals surface area (Å²) in [4.78, 5) is 36.0. The van der Waals surface area contributed by atoms with Gasteiger partial charge < -0.3 is 10.2 Å². The summed E-state index contributed by atoms with van der Waals surface area (Å²) >= 11 is 5.55. The van der Waals surface area contributed by atoms with Gasteiger partial charge in [-0.2, -0.15) is 18.3 Å². The van der Waals surface area contributed by atoms with E-state index in [-0.39, 0.29) is 17.1 Å². The lowest BCUT2D eigenvalue weighted by Crippen LogP contribution is -2.35. The van der Waals surface area contributed by atoms with E-state index in [2.05, 4.69) is 10.4 Å². The summed E-state index contributed by atoms with van der Waals surface area (Å²) < 4.78 is 40.2. The molecule has 0 fully saturated rings. The van der Waals surface area contributed by atoms with Gasteiger partial charge in [-0.25, -0.2) is 4.68 Å². The Labute approximate surface area is 189 Å². The van der Waals surface area contributed by atoms with Gasteiger partial charge in [0, 0.05) is 31.1 Å². The number of amides is 2. The van der Waals surface area contributed by atoms with E-state index in [1.54, 1.807) is 0 Å². The number of nitrogens with one attached hydrogen (secondary N) is 1. The Morgan fingerprint density at radius 3 is 2.45 bits per heavy atom. The predicted molar refractivity (Wildman–Crippen MR) is 112 cm³/mol. The van der Waals surface area contributed by atoms with Gasteiger partial charge in [0.25, 0.3) is 11.6 Å². The molecule has 1 aromatic heterocycles. The molecular weight excluding hydrogens is 467 g/mol. The molecule has 0 atom stereocenters. The number of benzene rings is 2. The van der Waals surface area contributed by atoms with Crippen molar-refractivity contribution in [3.05, 3.63) is 81.1 Å². The summed E-state index contributed by atoms with van der Waals surface area (Å²) in [6.07, 6.45) is -3.22. The normalized spacial score (nSPS) is 11.2. The average molecular weight is 482 g/mol. The van der Waals surface area contributed by atoms with Gasteiger partial charge in [-0.15, -0.1) is 0 Å². The molecule has 2 aromatic carbocycles. The zero-order chi connectivity index (χ0) is 24.3. The molecule has 0 aliphatic carbocycles. The molecule has 3 rings (SSSR count). The second-order valence-corrected chi connectivity index (χ2v) is 7.23. The first-order valence-electron chi connectivity index (χ1n) is 9.18. The number of rotatable bonds is 6. The van der Waals surface area contributed by atoms with E-state index >= 15 is 0 Å². The maximum atomic E-state index is 13.0. The molecule has 0 spiro atoms. The molecule has 0 aliphatic heterocycles. The minimum atomic E-state index is -4.69. The van der Waals surface area contributed by atoms with E-state index in [9.17, 15) is 32.9 Å². The number of nitrogens with zero attached hydrogens (tertiary/aromatic N) is 4. The Morgan fingerprint density at radius 1 is 1.18 bits per heavy atom. The number of likely N-dealkylation sites (N-methyl/N-ethyl adjacent to an activating group) is 1. The molecule has 0 saturated heterocycles. The summed E-state index contributed by atoms with van der Waals surface area (Å²) in [5.41, 5.74) is -0.850. The third-order valence-corrected chi connectivity index (χ3v) is 4.75. The molecule has 0 bridgehead atoms. The van der Waals surface area contributed by atoms with E-state index in [1.807, 2.05) is 0 Å². The highest BCUT2D eigenvalue weighted by molar-refractivity contribution is 6.31. The Balaban J connectivity index is 1.65. The van der Waals surface area contributed by atoms with Crippen molar-refractivity contribution in [2.75, 3.05) is 18.9 Å². The Hall–Kier alpha value is -3.93. The number of non-ortho nitro benzene ring substituents is 1. The minimum absolute atomic E-state index is 0.00509. The Kier molecular flexibility index (Phi) is 6.68. The molecule has 33 heavy (non-hydrogen) atoms. The number of anilines is 1. The van der Waals surface area contributed by atoms with Crippen molar-refractivity contribution in [1.82, 2.24) is 14.7 Å². The lowest BCUT2D eigenvalue weighted by atomic mass is 10.2. The first-order chi connectivity index (χ1) is 15.5. The monoisotopic (exact) mass is 481 g/mol. The molecule has 1 N–H and O–H groups in total. The standard InChI is InChI=1S/C20H15ClF3N5O4/c1-27(11-18(30)25-12-2-7-16(21)15(10-12)20(22,23)24)19(31)17-8-9-28(26-17)13-3-5-14(6-4-13)29(32)33/h2-10H,11H2,1H3,(H,25,30). The molecule has 0 saturated carbocycles. The number of alkyl halides is 3. The van der Waals surface area contributed by atoms with Crippen LogP contribution in [0.4, 0.5) is 24.5 Å². The number of halogens is 4. The molecule has 0 aliphatic rings. The molecule has 0 radical (unpaired) electrons. The second kappa shape index (κ2) is 9.28. The molecule has 1 heterocycles. The molecule has 2 amide bonds. The van der Waals surface area contributed by atoms with Crippen LogP contribution in [0.2, 0.25) is 5.02 Å². The van der Waals surface area contributed by atoms with Gasteiger partial charge in [-0.3, -0.25) is 19.7 Å². The van der Waals surface area contributed by atoms with Crippen molar-refractivity contribution in [1.29, 1.82) is 0 Å². The number of hydrogen-bond donors (Lipinski definition) is 1. The van der Waals surface area contributed by atoms with Crippen molar-refractivity contribution < 1.29 is 27.7 Å². The van der Waals surface area contributed by atoms with Gasteiger partial charge in [-0.05, 0) is 36.4 Å². The minimum Gasteiger partial charge on any atom is -0.331 e. The van der Waals surface area contributed by atoms with Crippen molar-refractivity contribution in [3.63, 3.8) is 0 Å². The fourth-order valence-electron chi connectivity index (χ4n) is 2.81. The van der Waals surface area contributed by atoms with E-state index in [0.29, 0.717) is 11.8 Å². The number of hydrogen-bond acceptors (Lipinski definition) is 5. The highest BCUT2D eigenvalue weighted by Crippen LogP contribution is 2.36.